The Morgan fingerprint density at radius 1 is 1.26 bits per heavy atom. The maximum Gasteiger partial charge on any atom is 0.410 e. The SMILES string of the molecule is CC(C)(C)OC(=O)[C@@H]1C(O)CCN1C(=O)OCc1ccccc1. The van der Waals surface area contributed by atoms with Gasteiger partial charge in [-0.25, -0.2) is 9.59 Å². The Balaban J connectivity index is 1.99. The van der Waals surface area contributed by atoms with Gasteiger partial charge in [0.05, 0.1) is 6.10 Å². The summed E-state index contributed by atoms with van der Waals surface area (Å²) in [5, 5.41) is 10.0. The van der Waals surface area contributed by atoms with E-state index >= 15 is 0 Å². The summed E-state index contributed by atoms with van der Waals surface area (Å²) in [6.07, 6.45) is -1.24. The van der Waals surface area contributed by atoms with Crippen molar-refractivity contribution in [3.8, 4) is 0 Å². The topological polar surface area (TPSA) is 76.1 Å². The Hall–Kier alpha value is -2.08. The average Bonchev–Trinajstić information content (AvgIpc) is 2.86. The van der Waals surface area contributed by atoms with Crippen molar-refractivity contribution in [1.82, 2.24) is 4.90 Å². The van der Waals surface area contributed by atoms with Crippen molar-refractivity contribution in [2.45, 2.75) is 51.5 Å². The summed E-state index contributed by atoms with van der Waals surface area (Å²) in [6.45, 7) is 5.60. The molecule has 1 amide bonds. The van der Waals surface area contributed by atoms with Gasteiger partial charge in [-0.15, -0.1) is 0 Å². The Labute approximate surface area is 136 Å². The summed E-state index contributed by atoms with van der Waals surface area (Å²) in [5.74, 6) is -0.612. The first-order valence-corrected chi connectivity index (χ1v) is 7.66. The van der Waals surface area contributed by atoms with E-state index in [0.717, 1.165) is 5.56 Å². The molecule has 1 aromatic carbocycles. The second-order valence-electron chi connectivity index (χ2n) is 6.57. The molecular weight excluding hydrogens is 298 g/mol. The standard InChI is InChI=1S/C17H23NO5/c1-17(2,3)23-15(20)14-13(19)9-10-18(14)16(21)22-11-12-7-5-4-6-8-12/h4-8,13-14,19H,9-11H2,1-3H3/t13?,14-/m0/s1. The Kier molecular flexibility index (Phi) is 5.26. The third-order valence-corrected chi connectivity index (χ3v) is 3.45. The lowest BCUT2D eigenvalue weighted by Gasteiger charge is -2.28. The maximum absolute atomic E-state index is 12.2. The van der Waals surface area contributed by atoms with E-state index in [4.69, 9.17) is 9.47 Å². The Bertz CT molecular complexity index is 552. The number of benzene rings is 1. The van der Waals surface area contributed by atoms with Crippen molar-refractivity contribution in [3.05, 3.63) is 35.9 Å². The molecule has 1 aliphatic heterocycles. The fourth-order valence-corrected chi connectivity index (χ4v) is 2.43. The zero-order chi connectivity index (χ0) is 17.0. The normalized spacial score (nSPS) is 21.1. The van der Waals surface area contributed by atoms with Gasteiger partial charge in [0, 0.05) is 6.54 Å². The third-order valence-electron chi connectivity index (χ3n) is 3.45. The van der Waals surface area contributed by atoms with Crippen molar-refractivity contribution >= 4 is 12.1 Å². The lowest BCUT2D eigenvalue weighted by molar-refractivity contribution is -0.162. The molecule has 0 spiro atoms. The molecule has 2 rings (SSSR count). The summed E-state index contributed by atoms with van der Waals surface area (Å²) in [6, 6.07) is 8.26. The van der Waals surface area contributed by atoms with Crippen LogP contribution in [0.15, 0.2) is 30.3 Å². The molecule has 0 aliphatic carbocycles. The fraction of sp³-hybridized carbons (Fsp3) is 0.529. The van der Waals surface area contributed by atoms with E-state index in [-0.39, 0.29) is 13.2 Å². The van der Waals surface area contributed by atoms with Crippen molar-refractivity contribution < 1.29 is 24.2 Å². The van der Waals surface area contributed by atoms with Gasteiger partial charge in [-0.1, -0.05) is 30.3 Å². The van der Waals surface area contributed by atoms with Crippen LogP contribution >= 0.6 is 0 Å². The average molecular weight is 321 g/mol. The van der Waals surface area contributed by atoms with E-state index in [0.29, 0.717) is 6.42 Å². The monoisotopic (exact) mass is 321 g/mol. The van der Waals surface area contributed by atoms with E-state index in [2.05, 4.69) is 0 Å². The van der Waals surface area contributed by atoms with Crippen molar-refractivity contribution in [3.63, 3.8) is 0 Å². The smallest absolute Gasteiger partial charge is 0.410 e. The molecule has 0 bridgehead atoms. The van der Waals surface area contributed by atoms with Crippen LogP contribution in [0.4, 0.5) is 4.79 Å². The van der Waals surface area contributed by atoms with Crippen LogP contribution < -0.4 is 0 Å². The maximum atomic E-state index is 12.2. The van der Waals surface area contributed by atoms with Crippen LogP contribution in [0.3, 0.4) is 0 Å². The lowest BCUT2D eigenvalue weighted by atomic mass is 10.1. The number of carbonyl (C=O) groups excluding carboxylic acids is 2. The molecule has 6 nitrogen and oxygen atoms in total. The van der Waals surface area contributed by atoms with Crippen LogP contribution in [-0.2, 0) is 20.9 Å². The van der Waals surface area contributed by atoms with Gasteiger partial charge in [0.2, 0.25) is 0 Å². The molecule has 0 saturated carbocycles. The highest BCUT2D eigenvalue weighted by Crippen LogP contribution is 2.23. The van der Waals surface area contributed by atoms with Gasteiger partial charge in [0.1, 0.15) is 12.2 Å². The number of rotatable bonds is 3. The molecule has 1 heterocycles. The van der Waals surface area contributed by atoms with Crippen LogP contribution in [0.5, 0.6) is 0 Å². The summed E-state index contributed by atoms with van der Waals surface area (Å²) in [7, 11) is 0. The number of aliphatic hydroxyl groups excluding tert-OH is 1. The number of ether oxygens (including phenoxy) is 2. The van der Waals surface area contributed by atoms with Crippen LogP contribution in [0.2, 0.25) is 0 Å². The zero-order valence-electron chi connectivity index (χ0n) is 13.7. The zero-order valence-corrected chi connectivity index (χ0v) is 13.7. The molecule has 23 heavy (non-hydrogen) atoms. The van der Waals surface area contributed by atoms with Gasteiger partial charge in [0.25, 0.3) is 0 Å². The number of aliphatic hydroxyl groups is 1. The molecule has 0 radical (unpaired) electrons. The number of likely N-dealkylation sites (tertiary alicyclic amines) is 1. The number of nitrogens with zero attached hydrogens (tertiary/aromatic N) is 1. The van der Waals surface area contributed by atoms with E-state index in [1.54, 1.807) is 20.8 Å². The Morgan fingerprint density at radius 2 is 1.91 bits per heavy atom. The van der Waals surface area contributed by atoms with Crippen molar-refractivity contribution in [2.75, 3.05) is 6.54 Å². The molecule has 1 aromatic rings. The highest BCUT2D eigenvalue weighted by molar-refractivity contribution is 5.83. The predicted molar refractivity (Wildman–Crippen MR) is 83.6 cm³/mol. The number of hydrogen-bond acceptors (Lipinski definition) is 5. The number of carbonyl (C=O) groups is 2. The van der Waals surface area contributed by atoms with Gasteiger partial charge < -0.3 is 14.6 Å². The lowest BCUT2D eigenvalue weighted by Crippen LogP contribution is -2.47. The molecule has 1 N–H and O–H groups in total. The highest BCUT2D eigenvalue weighted by atomic mass is 16.6. The first-order valence-electron chi connectivity index (χ1n) is 7.66. The van der Waals surface area contributed by atoms with Crippen LogP contribution in [0.1, 0.15) is 32.8 Å². The first kappa shape index (κ1) is 17.3. The Morgan fingerprint density at radius 3 is 2.52 bits per heavy atom. The number of hydrogen-bond donors (Lipinski definition) is 1. The van der Waals surface area contributed by atoms with Crippen LogP contribution in [0, 0.1) is 0 Å². The quantitative estimate of drug-likeness (QED) is 0.863. The van der Waals surface area contributed by atoms with Crippen LogP contribution in [0.25, 0.3) is 0 Å². The largest absolute Gasteiger partial charge is 0.458 e. The van der Waals surface area contributed by atoms with E-state index in [9.17, 15) is 14.7 Å². The van der Waals surface area contributed by atoms with E-state index in [1.807, 2.05) is 30.3 Å². The van der Waals surface area contributed by atoms with Crippen molar-refractivity contribution in [1.29, 1.82) is 0 Å². The first-order chi connectivity index (χ1) is 10.8. The van der Waals surface area contributed by atoms with Gasteiger partial charge in [0.15, 0.2) is 6.04 Å². The summed E-state index contributed by atoms with van der Waals surface area (Å²) in [5.41, 5.74) is 0.174. The molecular formula is C17H23NO5. The molecule has 1 fully saturated rings. The molecule has 6 heteroatoms. The second kappa shape index (κ2) is 7.00. The fourth-order valence-electron chi connectivity index (χ4n) is 2.43. The highest BCUT2D eigenvalue weighted by Gasteiger charge is 2.44. The molecule has 126 valence electrons. The van der Waals surface area contributed by atoms with E-state index < -0.39 is 29.8 Å². The summed E-state index contributed by atoms with van der Waals surface area (Å²) in [4.78, 5) is 25.7. The van der Waals surface area contributed by atoms with Gasteiger partial charge >= 0.3 is 12.1 Å². The second-order valence-corrected chi connectivity index (χ2v) is 6.57. The molecule has 0 aromatic heterocycles. The summed E-state index contributed by atoms with van der Waals surface area (Å²) >= 11 is 0. The summed E-state index contributed by atoms with van der Waals surface area (Å²) < 4.78 is 10.5. The number of esters is 1. The van der Waals surface area contributed by atoms with E-state index in [1.165, 1.54) is 4.90 Å². The molecule has 1 aliphatic rings. The minimum atomic E-state index is -1.02. The van der Waals surface area contributed by atoms with Gasteiger partial charge in [-0.3, -0.25) is 4.90 Å². The predicted octanol–water partition coefficient (Wildman–Crippen LogP) is 2.10. The van der Waals surface area contributed by atoms with Gasteiger partial charge in [-0.2, -0.15) is 0 Å². The number of amides is 1. The minimum Gasteiger partial charge on any atom is -0.458 e. The molecule has 1 saturated heterocycles. The van der Waals surface area contributed by atoms with Gasteiger partial charge in [-0.05, 0) is 32.8 Å². The van der Waals surface area contributed by atoms with Crippen molar-refractivity contribution in [2.24, 2.45) is 0 Å². The third kappa shape index (κ3) is 4.69. The van der Waals surface area contributed by atoms with Crippen LogP contribution in [-0.4, -0.2) is 46.4 Å². The molecule has 1 unspecified atom stereocenters. The minimum absolute atomic E-state index is 0.118. The molecule has 2 atom stereocenters.